The Kier molecular flexibility index (Phi) is 4.95. The summed E-state index contributed by atoms with van der Waals surface area (Å²) in [5, 5.41) is 0. The van der Waals surface area contributed by atoms with Crippen molar-refractivity contribution < 1.29 is 23.9 Å². The lowest BCUT2D eigenvalue weighted by Crippen LogP contribution is -2.44. The number of hydrogen-bond donors (Lipinski definition) is 0. The lowest BCUT2D eigenvalue weighted by atomic mass is 9.81. The summed E-state index contributed by atoms with van der Waals surface area (Å²) < 4.78 is 5.26. The molecule has 3 saturated carbocycles. The van der Waals surface area contributed by atoms with Crippen LogP contribution < -0.4 is 0 Å². The summed E-state index contributed by atoms with van der Waals surface area (Å²) in [6, 6.07) is 8.69. The Morgan fingerprint density at radius 1 is 0.867 bits per heavy atom. The first kappa shape index (κ1) is 19.5. The predicted molar refractivity (Wildman–Crippen MR) is 107 cm³/mol. The first-order valence-electron chi connectivity index (χ1n) is 11.2. The standard InChI is InChI=1S/C24H27NO5/c26-19(14-4-2-1-3-5-14)13-30-24(29)15-8-10-18(11-9-15)25-22(27)20-16-6-7-17(12-16)21(20)23(25)28/h1-5,15-18,20-21H,6-13H2/t15?,16-,17+,18?,20-,21+. The second kappa shape index (κ2) is 7.64. The molecule has 0 aromatic heterocycles. The van der Waals surface area contributed by atoms with E-state index in [0.29, 0.717) is 43.1 Å². The van der Waals surface area contributed by atoms with Gasteiger partial charge in [-0.2, -0.15) is 0 Å². The number of likely N-dealkylation sites (tertiary alicyclic amines) is 1. The number of fused-ring (bicyclic) bond motifs is 5. The molecule has 1 aromatic carbocycles. The number of amides is 2. The Morgan fingerprint density at radius 3 is 2.07 bits per heavy atom. The van der Waals surface area contributed by atoms with Crippen molar-refractivity contribution in [2.45, 2.75) is 51.0 Å². The molecule has 1 heterocycles. The summed E-state index contributed by atoms with van der Waals surface area (Å²) in [7, 11) is 0. The summed E-state index contributed by atoms with van der Waals surface area (Å²) >= 11 is 0. The third-order valence-corrected chi connectivity index (χ3v) is 7.80. The highest BCUT2D eigenvalue weighted by atomic mass is 16.5. The van der Waals surface area contributed by atoms with Gasteiger partial charge < -0.3 is 4.74 Å². The molecule has 3 aliphatic carbocycles. The van der Waals surface area contributed by atoms with Crippen molar-refractivity contribution in [3.63, 3.8) is 0 Å². The third-order valence-electron chi connectivity index (χ3n) is 7.80. The number of Topliss-reactive ketones (excluding diaryl/α,β-unsaturated/α-hetero) is 1. The normalized spacial score (nSPS) is 34.9. The van der Waals surface area contributed by atoms with Crippen molar-refractivity contribution >= 4 is 23.6 Å². The predicted octanol–water partition coefficient (Wildman–Crippen LogP) is 3.00. The maximum Gasteiger partial charge on any atom is 0.309 e. The minimum absolute atomic E-state index is 0.0386. The van der Waals surface area contributed by atoms with Crippen LogP contribution in [0.3, 0.4) is 0 Å². The maximum absolute atomic E-state index is 13.0. The van der Waals surface area contributed by atoms with E-state index in [4.69, 9.17) is 4.74 Å². The number of ether oxygens (including phenoxy) is 1. The zero-order chi connectivity index (χ0) is 20.8. The average Bonchev–Trinajstić information content (AvgIpc) is 3.46. The van der Waals surface area contributed by atoms with E-state index in [2.05, 4.69) is 0 Å². The van der Waals surface area contributed by atoms with Crippen molar-refractivity contribution in [3.05, 3.63) is 35.9 Å². The number of carbonyl (C=O) groups is 4. The summed E-state index contributed by atoms with van der Waals surface area (Å²) in [6.45, 7) is -0.252. The fraction of sp³-hybridized carbons (Fsp3) is 0.583. The molecule has 158 valence electrons. The Hall–Kier alpha value is -2.50. The highest BCUT2D eigenvalue weighted by Gasteiger charge is 2.61. The first-order chi connectivity index (χ1) is 14.5. The summed E-state index contributed by atoms with van der Waals surface area (Å²) in [5.74, 6) is -0.129. The van der Waals surface area contributed by atoms with Crippen LogP contribution in [-0.4, -0.2) is 41.1 Å². The Labute approximate surface area is 175 Å². The SMILES string of the molecule is O=C(COC(=O)C1CCC(N2C(=O)[C@@H]3[C@@H]4CC[C@@H](C4)[C@@H]3C2=O)CC1)c1ccccc1. The van der Waals surface area contributed by atoms with Gasteiger partial charge in [-0.15, -0.1) is 0 Å². The molecule has 4 atom stereocenters. The van der Waals surface area contributed by atoms with Crippen molar-refractivity contribution in [3.8, 4) is 0 Å². The summed E-state index contributed by atoms with van der Waals surface area (Å²) in [6.07, 6.45) is 5.65. The molecule has 6 nitrogen and oxygen atoms in total. The topological polar surface area (TPSA) is 80.8 Å². The van der Waals surface area contributed by atoms with Crippen LogP contribution in [0.5, 0.6) is 0 Å². The van der Waals surface area contributed by atoms with Gasteiger partial charge in [0, 0.05) is 11.6 Å². The van der Waals surface area contributed by atoms with E-state index >= 15 is 0 Å². The van der Waals surface area contributed by atoms with Crippen LogP contribution in [0, 0.1) is 29.6 Å². The fourth-order valence-electron chi connectivity index (χ4n) is 6.32. The molecule has 0 N–H and O–H groups in total. The smallest absolute Gasteiger partial charge is 0.309 e. The highest BCUT2D eigenvalue weighted by Crippen LogP contribution is 2.56. The minimum Gasteiger partial charge on any atom is -0.457 e. The first-order valence-corrected chi connectivity index (χ1v) is 11.2. The Balaban J connectivity index is 1.14. The molecule has 0 spiro atoms. The molecular weight excluding hydrogens is 382 g/mol. The summed E-state index contributed by atoms with van der Waals surface area (Å²) in [4.78, 5) is 52.1. The number of esters is 1. The molecule has 1 saturated heterocycles. The van der Waals surface area contributed by atoms with Crippen LogP contribution in [0.4, 0.5) is 0 Å². The largest absolute Gasteiger partial charge is 0.457 e. The van der Waals surface area contributed by atoms with E-state index in [1.807, 2.05) is 6.07 Å². The maximum atomic E-state index is 13.0. The van der Waals surface area contributed by atoms with Crippen LogP contribution in [0.1, 0.15) is 55.3 Å². The molecule has 0 radical (unpaired) electrons. The van der Waals surface area contributed by atoms with Crippen LogP contribution in [0.25, 0.3) is 0 Å². The van der Waals surface area contributed by atoms with Gasteiger partial charge in [0.25, 0.3) is 0 Å². The molecule has 2 bridgehead atoms. The molecule has 0 unspecified atom stereocenters. The van der Waals surface area contributed by atoms with Crippen molar-refractivity contribution in [2.75, 3.05) is 6.61 Å². The molecule has 1 aromatic rings. The minimum atomic E-state index is -0.355. The van der Waals surface area contributed by atoms with Gasteiger partial charge in [-0.3, -0.25) is 24.1 Å². The van der Waals surface area contributed by atoms with Gasteiger partial charge in [-0.25, -0.2) is 0 Å². The quantitative estimate of drug-likeness (QED) is 0.424. The van der Waals surface area contributed by atoms with Crippen LogP contribution in [0.15, 0.2) is 30.3 Å². The van der Waals surface area contributed by atoms with Gasteiger partial charge in [0.05, 0.1) is 17.8 Å². The zero-order valence-electron chi connectivity index (χ0n) is 17.0. The molecular formula is C24H27NO5. The number of benzene rings is 1. The fourth-order valence-corrected chi connectivity index (χ4v) is 6.32. The molecule has 4 aliphatic rings. The van der Waals surface area contributed by atoms with Crippen LogP contribution in [-0.2, 0) is 19.1 Å². The number of rotatable bonds is 5. The molecule has 5 rings (SSSR count). The van der Waals surface area contributed by atoms with Gasteiger partial charge in [-0.05, 0) is 56.8 Å². The number of ketones is 1. The average molecular weight is 409 g/mol. The lowest BCUT2D eigenvalue weighted by Gasteiger charge is -2.33. The van der Waals surface area contributed by atoms with Gasteiger partial charge in [-0.1, -0.05) is 30.3 Å². The van der Waals surface area contributed by atoms with Gasteiger partial charge in [0.15, 0.2) is 12.4 Å². The molecule has 6 heteroatoms. The van der Waals surface area contributed by atoms with E-state index in [-0.39, 0.29) is 54.0 Å². The molecule has 2 amide bonds. The Bertz CT molecular complexity index is 845. The van der Waals surface area contributed by atoms with Crippen molar-refractivity contribution in [2.24, 2.45) is 29.6 Å². The van der Waals surface area contributed by atoms with Crippen molar-refractivity contribution in [1.82, 2.24) is 4.90 Å². The lowest BCUT2D eigenvalue weighted by molar-refractivity contribution is -0.149. The van der Waals surface area contributed by atoms with Gasteiger partial charge in [0.2, 0.25) is 11.8 Å². The van der Waals surface area contributed by atoms with Crippen LogP contribution in [0.2, 0.25) is 0 Å². The van der Waals surface area contributed by atoms with Gasteiger partial charge >= 0.3 is 5.97 Å². The number of carbonyl (C=O) groups excluding carboxylic acids is 4. The highest BCUT2D eigenvalue weighted by molar-refractivity contribution is 6.06. The molecule has 4 fully saturated rings. The zero-order valence-corrected chi connectivity index (χ0v) is 17.0. The van der Waals surface area contributed by atoms with E-state index < -0.39 is 0 Å². The third kappa shape index (κ3) is 3.17. The van der Waals surface area contributed by atoms with Crippen molar-refractivity contribution in [1.29, 1.82) is 0 Å². The molecule has 30 heavy (non-hydrogen) atoms. The van der Waals surface area contributed by atoms with E-state index in [1.165, 1.54) is 0 Å². The number of hydrogen-bond acceptors (Lipinski definition) is 5. The van der Waals surface area contributed by atoms with E-state index in [9.17, 15) is 19.2 Å². The number of nitrogens with zero attached hydrogens (tertiary/aromatic N) is 1. The monoisotopic (exact) mass is 409 g/mol. The second-order valence-corrected chi connectivity index (χ2v) is 9.33. The molecule has 1 aliphatic heterocycles. The van der Waals surface area contributed by atoms with E-state index in [1.54, 1.807) is 29.2 Å². The summed E-state index contributed by atoms with van der Waals surface area (Å²) in [5.41, 5.74) is 0.527. The van der Waals surface area contributed by atoms with E-state index in [0.717, 1.165) is 19.3 Å². The number of imide groups is 1. The Morgan fingerprint density at radius 2 is 1.47 bits per heavy atom. The van der Waals surface area contributed by atoms with Gasteiger partial charge in [0.1, 0.15) is 0 Å². The van der Waals surface area contributed by atoms with Crippen LogP contribution >= 0.6 is 0 Å². The second-order valence-electron chi connectivity index (χ2n) is 9.33.